The molecule has 4 heteroatoms. The highest BCUT2D eigenvalue weighted by Crippen LogP contribution is 2.38. The van der Waals surface area contributed by atoms with Crippen LogP contribution in [-0.2, 0) is 0 Å². The fourth-order valence-electron chi connectivity index (χ4n) is 4.01. The van der Waals surface area contributed by atoms with Crippen LogP contribution in [0, 0.1) is 0 Å². The predicted molar refractivity (Wildman–Crippen MR) is 103 cm³/mol. The average Bonchev–Trinajstić information content (AvgIpc) is 3.48. The van der Waals surface area contributed by atoms with Crippen molar-refractivity contribution in [2.45, 2.75) is 19.3 Å². The zero-order valence-electron chi connectivity index (χ0n) is 14.3. The SMILES string of the molecule is C1=C(C2=CC=C(C3=NCCN3)C2)CC(C2=CC=C(C3=NCCN3)C2)=C1. The van der Waals surface area contributed by atoms with Crippen molar-refractivity contribution in [1.29, 1.82) is 0 Å². The number of nitrogens with zero attached hydrogens (tertiary/aromatic N) is 2. The first-order chi connectivity index (χ1) is 12.4. The molecule has 5 aliphatic rings. The van der Waals surface area contributed by atoms with Gasteiger partial charge in [-0.2, -0.15) is 0 Å². The van der Waals surface area contributed by atoms with E-state index < -0.39 is 0 Å². The molecule has 2 heterocycles. The van der Waals surface area contributed by atoms with Crippen molar-refractivity contribution in [3.05, 3.63) is 69.9 Å². The Kier molecular flexibility index (Phi) is 3.54. The molecule has 0 unspecified atom stereocenters. The number of rotatable bonds is 4. The molecule has 0 amide bonds. The van der Waals surface area contributed by atoms with E-state index in [0.717, 1.165) is 57.1 Å². The van der Waals surface area contributed by atoms with Crippen LogP contribution in [0.5, 0.6) is 0 Å². The smallest absolute Gasteiger partial charge is 0.124 e. The van der Waals surface area contributed by atoms with Crippen molar-refractivity contribution < 1.29 is 0 Å². The summed E-state index contributed by atoms with van der Waals surface area (Å²) in [5.41, 5.74) is 8.43. The normalized spacial score (nSPS) is 24.6. The highest BCUT2D eigenvalue weighted by molar-refractivity contribution is 6.01. The van der Waals surface area contributed by atoms with Gasteiger partial charge in [-0.05, 0) is 39.9 Å². The molecule has 0 aromatic carbocycles. The summed E-state index contributed by atoms with van der Waals surface area (Å²) < 4.78 is 0. The van der Waals surface area contributed by atoms with Crippen molar-refractivity contribution in [1.82, 2.24) is 10.6 Å². The minimum Gasteiger partial charge on any atom is -0.368 e. The van der Waals surface area contributed by atoms with E-state index in [9.17, 15) is 0 Å². The van der Waals surface area contributed by atoms with Crippen molar-refractivity contribution >= 4 is 11.7 Å². The fourth-order valence-corrected chi connectivity index (χ4v) is 4.01. The van der Waals surface area contributed by atoms with Gasteiger partial charge in [0.25, 0.3) is 0 Å². The quantitative estimate of drug-likeness (QED) is 0.833. The molecule has 0 aromatic rings. The minimum atomic E-state index is 0.903. The van der Waals surface area contributed by atoms with Crippen LogP contribution in [0.1, 0.15) is 19.3 Å². The molecule has 0 aromatic heterocycles. The summed E-state index contributed by atoms with van der Waals surface area (Å²) in [7, 11) is 0. The predicted octanol–water partition coefficient (Wildman–Crippen LogP) is 2.76. The van der Waals surface area contributed by atoms with Gasteiger partial charge in [-0.15, -0.1) is 0 Å². The lowest BCUT2D eigenvalue weighted by Crippen LogP contribution is -2.20. The summed E-state index contributed by atoms with van der Waals surface area (Å²) in [4.78, 5) is 9.08. The third-order valence-corrected chi connectivity index (χ3v) is 5.38. The van der Waals surface area contributed by atoms with Gasteiger partial charge in [-0.1, -0.05) is 36.5 Å². The highest BCUT2D eigenvalue weighted by atomic mass is 15.1. The van der Waals surface area contributed by atoms with E-state index in [2.05, 4.69) is 57.1 Å². The molecule has 0 saturated heterocycles. The molecule has 0 bridgehead atoms. The Bertz CT molecular complexity index is 800. The molecule has 0 atom stereocenters. The number of aliphatic imine (C=N–C) groups is 2. The van der Waals surface area contributed by atoms with Crippen LogP contribution < -0.4 is 10.6 Å². The lowest BCUT2D eigenvalue weighted by molar-refractivity contribution is 0.957. The first-order valence-corrected chi connectivity index (χ1v) is 9.14. The largest absolute Gasteiger partial charge is 0.368 e. The second-order valence-corrected chi connectivity index (χ2v) is 7.00. The Morgan fingerprint density at radius 1 is 0.520 bits per heavy atom. The molecule has 2 aliphatic heterocycles. The highest BCUT2D eigenvalue weighted by Gasteiger charge is 2.23. The van der Waals surface area contributed by atoms with E-state index in [1.807, 2.05) is 0 Å². The lowest BCUT2D eigenvalue weighted by atomic mass is 9.95. The summed E-state index contributed by atoms with van der Waals surface area (Å²) >= 11 is 0. The molecular formula is C21H22N4. The minimum absolute atomic E-state index is 0.903. The second kappa shape index (κ2) is 6.03. The van der Waals surface area contributed by atoms with Crippen LogP contribution in [-0.4, -0.2) is 37.9 Å². The lowest BCUT2D eigenvalue weighted by Gasteiger charge is -2.11. The summed E-state index contributed by atoms with van der Waals surface area (Å²) in [6, 6.07) is 0. The van der Waals surface area contributed by atoms with Crippen molar-refractivity contribution in [3.63, 3.8) is 0 Å². The van der Waals surface area contributed by atoms with E-state index in [1.165, 1.54) is 33.4 Å². The number of hydrogen-bond acceptors (Lipinski definition) is 4. The molecule has 3 aliphatic carbocycles. The van der Waals surface area contributed by atoms with Gasteiger partial charge in [0.1, 0.15) is 11.7 Å². The van der Waals surface area contributed by atoms with E-state index >= 15 is 0 Å². The summed E-state index contributed by atoms with van der Waals surface area (Å²) in [5.74, 6) is 2.19. The molecule has 0 radical (unpaired) electrons. The van der Waals surface area contributed by atoms with Crippen LogP contribution in [0.15, 0.2) is 79.9 Å². The maximum atomic E-state index is 4.54. The van der Waals surface area contributed by atoms with Crippen LogP contribution in [0.2, 0.25) is 0 Å². The van der Waals surface area contributed by atoms with Crippen LogP contribution in [0.25, 0.3) is 0 Å². The molecule has 0 saturated carbocycles. The van der Waals surface area contributed by atoms with Gasteiger partial charge in [-0.25, -0.2) is 0 Å². The van der Waals surface area contributed by atoms with Crippen molar-refractivity contribution in [3.8, 4) is 0 Å². The number of allylic oxidation sites excluding steroid dienone is 10. The molecule has 0 spiro atoms. The fraction of sp³-hybridized carbons (Fsp3) is 0.333. The number of nitrogens with one attached hydrogen (secondary N) is 2. The van der Waals surface area contributed by atoms with Crippen molar-refractivity contribution in [2.24, 2.45) is 9.98 Å². The zero-order chi connectivity index (χ0) is 16.6. The van der Waals surface area contributed by atoms with Gasteiger partial charge in [0.05, 0.1) is 13.1 Å². The van der Waals surface area contributed by atoms with Gasteiger partial charge in [0.15, 0.2) is 0 Å². The summed E-state index contributed by atoms with van der Waals surface area (Å²) in [5, 5.41) is 6.75. The molecule has 4 nitrogen and oxygen atoms in total. The third kappa shape index (κ3) is 2.72. The molecule has 2 N–H and O–H groups in total. The first-order valence-electron chi connectivity index (χ1n) is 9.14. The van der Waals surface area contributed by atoms with Gasteiger partial charge < -0.3 is 10.6 Å². The van der Waals surface area contributed by atoms with E-state index in [0.29, 0.717) is 0 Å². The Balaban J connectivity index is 1.19. The zero-order valence-corrected chi connectivity index (χ0v) is 14.3. The van der Waals surface area contributed by atoms with Gasteiger partial charge >= 0.3 is 0 Å². The topological polar surface area (TPSA) is 48.8 Å². The molecule has 126 valence electrons. The van der Waals surface area contributed by atoms with Gasteiger partial charge in [-0.3, -0.25) is 9.98 Å². The second-order valence-electron chi connectivity index (χ2n) is 7.00. The Morgan fingerprint density at radius 2 is 0.880 bits per heavy atom. The van der Waals surface area contributed by atoms with Gasteiger partial charge in [0, 0.05) is 25.9 Å². The molecular weight excluding hydrogens is 308 g/mol. The maximum absolute atomic E-state index is 4.54. The summed E-state index contributed by atoms with van der Waals surface area (Å²) in [6.07, 6.45) is 16.6. The van der Waals surface area contributed by atoms with Crippen molar-refractivity contribution in [2.75, 3.05) is 26.2 Å². The third-order valence-electron chi connectivity index (χ3n) is 5.38. The molecule has 0 fully saturated rings. The maximum Gasteiger partial charge on any atom is 0.124 e. The van der Waals surface area contributed by atoms with E-state index in [-0.39, 0.29) is 0 Å². The van der Waals surface area contributed by atoms with E-state index in [4.69, 9.17) is 0 Å². The van der Waals surface area contributed by atoms with Crippen LogP contribution >= 0.6 is 0 Å². The summed E-state index contributed by atoms with van der Waals surface area (Å²) in [6.45, 7) is 3.75. The molecule has 5 rings (SSSR count). The van der Waals surface area contributed by atoms with Crippen LogP contribution in [0.3, 0.4) is 0 Å². The Morgan fingerprint density at radius 3 is 1.24 bits per heavy atom. The molecule has 25 heavy (non-hydrogen) atoms. The van der Waals surface area contributed by atoms with E-state index in [1.54, 1.807) is 0 Å². The average molecular weight is 330 g/mol. The monoisotopic (exact) mass is 330 g/mol. The van der Waals surface area contributed by atoms with Crippen LogP contribution in [0.4, 0.5) is 0 Å². The standard InChI is InChI=1S/C21H22N4/c1-2-15(17-4-6-19(13-17)21-24-9-10-25-21)11-14(1)16-3-5-18(12-16)20-22-7-8-23-20/h1-6H,7-13H2,(H,22,23)(H,24,25). The van der Waals surface area contributed by atoms with Gasteiger partial charge in [0.2, 0.25) is 0 Å². The Labute approximate surface area is 148 Å². The Hall–Kier alpha value is -2.62. The number of amidine groups is 2. The first kappa shape index (κ1) is 14.7. The number of hydrogen-bond donors (Lipinski definition) is 2.